The van der Waals surface area contributed by atoms with Crippen LogP contribution in [0.25, 0.3) is 0 Å². The third-order valence-corrected chi connectivity index (χ3v) is 5.90. The molecule has 204 valence electrons. The van der Waals surface area contributed by atoms with Crippen LogP contribution in [0.4, 0.5) is 0 Å². The Morgan fingerprint density at radius 2 is 1.29 bits per heavy atom. The highest BCUT2D eigenvalue weighted by molar-refractivity contribution is 5.75. The molecule has 1 amide bonds. The Kier molecular flexibility index (Phi) is 26.3. The van der Waals surface area contributed by atoms with E-state index in [4.69, 9.17) is 18.9 Å². The van der Waals surface area contributed by atoms with Crippen LogP contribution in [0.3, 0.4) is 0 Å². The smallest absolute Gasteiger partial charge is 0.220 e. The van der Waals surface area contributed by atoms with Crippen LogP contribution in [-0.4, -0.2) is 77.4 Å². The summed E-state index contributed by atoms with van der Waals surface area (Å²) in [5, 5.41) is 6.44. The molecule has 2 N–H and O–H groups in total. The van der Waals surface area contributed by atoms with Crippen LogP contribution in [0, 0.1) is 0 Å². The second kappa shape index (κ2) is 26.9. The zero-order valence-corrected chi connectivity index (χ0v) is 22.8. The number of hydrogen-bond donors (Lipinski definition) is 2. The Labute approximate surface area is 210 Å². The highest BCUT2D eigenvalue weighted by atomic mass is 16.5. The first-order valence-corrected chi connectivity index (χ1v) is 14.0. The molecule has 0 saturated heterocycles. The van der Waals surface area contributed by atoms with Crippen molar-refractivity contribution in [3.05, 3.63) is 0 Å². The van der Waals surface area contributed by atoms with Gasteiger partial charge in [-0.3, -0.25) is 4.79 Å². The first-order valence-electron chi connectivity index (χ1n) is 14.0. The Hall–Kier alpha value is -0.730. The van der Waals surface area contributed by atoms with Crippen molar-refractivity contribution in [2.75, 3.05) is 59.3 Å². The zero-order valence-electron chi connectivity index (χ0n) is 22.8. The van der Waals surface area contributed by atoms with Crippen LogP contribution in [0.15, 0.2) is 0 Å². The molecule has 7 heteroatoms. The zero-order chi connectivity index (χ0) is 25.1. The van der Waals surface area contributed by atoms with Gasteiger partial charge in [-0.1, -0.05) is 52.9 Å². The molecule has 34 heavy (non-hydrogen) atoms. The molecule has 0 bridgehead atoms. The Morgan fingerprint density at radius 1 is 0.706 bits per heavy atom. The minimum absolute atomic E-state index is 0.119. The van der Waals surface area contributed by atoms with Crippen molar-refractivity contribution in [1.29, 1.82) is 0 Å². The molecule has 0 aliphatic heterocycles. The molecule has 0 aromatic carbocycles. The molecule has 0 aliphatic carbocycles. The van der Waals surface area contributed by atoms with Gasteiger partial charge in [-0.2, -0.15) is 0 Å². The van der Waals surface area contributed by atoms with E-state index in [9.17, 15) is 4.79 Å². The van der Waals surface area contributed by atoms with E-state index < -0.39 is 0 Å². The molecule has 0 fully saturated rings. The number of unbranched alkanes of at least 4 members (excludes halogenated alkanes) is 5. The van der Waals surface area contributed by atoms with Crippen LogP contribution >= 0.6 is 0 Å². The maximum atomic E-state index is 11.9. The first kappa shape index (κ1) is 33.3. The Balaban J connectivity index is 3.23. The van der Waals surface area contributed by atoms with Gasteiger partial charge < -0.3 is 29.6 Å². The molecule has 0 aliphatic rings. The summed E-state index contributed by atoms with van der Waals surface area (Å²) in [6.45, 7) is 14.5. The predicted octanol–water partition coefficient (Wildman–Crippen LogP) is 4.87. The van der Waals surface area contributed by atoms with E-state index in [0.29, 0.717) is 64.8 Å². The minimum atomic E-state index is 0.119. The molecule has 0 radical (unpaired) electrons. The number of amides is 1. The third kappa shape index (κ3) is 24.4. The highest BCUT2D eigenvalue weighted by Gasteiger charge is 2.03. The van der Waals surface area contributed by atoms with Gasteiger partial charge in [0.25, 0.3) is 0 Å². The molecule has 0 aromatic rings. The van der Waals surface area contributed by atoms with Crippen LogP contribution in [0.1, 0.15) is 98.3 Å². The predicted molar refractivity (Wildman–Crippen MR) is 140 cm³/mol. The molecule has 2 unspecified atom stereocenters. The number of hydrogen-bond acceptors (Lipinski definition) is 6. The summed E-state index contributed by atoms with van der Waals surface area (Å²) >= 11 is 0. The molecule has 0 aromatic heterocycles. The van der Waals surface area contributed by atoms with E-state index in [0.717, 1.165) is 45.3 Å². The lowest BCUT2D eigenvalue weighted by atomic mass is 10.1. The summed E-state index contributed by atoms with van der Waals surface area (Å²) in [6.07, 6.45) is 12.5. The first-order chi connectivity index (χ1) is 16.6. The standard InChI is InChI=1S/C27H56N2O5/c1-5-14-26(7-3)28-16-19-31-21-23-33-24-22-32-20-17-29-27(30)15-12-10-8-9-11-13-18-34-25(4)6-2/h25-26,28H,5-24H2,1-4H3,(H,29,30). The fourth-order valence-corrected chi connectivity index (χ4v) is 3.52. The monoisotopic (exact) mass is 488 g/mol. The van der Waals surface area contributed by atoms with Crippen LogP contribution in [0.2, 0.25) is 0 Å². The maximum Gasteiger partial charge on any atom is 0.220 e. The molecule has 0 rings (SSSR count). The maximum absolute atomic E-state index is 11.9. The topological polar surface area (TPSA) is 78.0 Å². The number of nitrogens with one attached hydrogen (secondary N) is 2. The minimum Gasteiger partial charge on any atom is -0.379 e. The van der Waals surface area contributed by atoms with Crippen molar-refractivity contribution < 1.29 is 23.7 Å². The van der Waals surface area contributed by atoms with Gasteiger partial charge in [0, 0.05) is 32.2 Å². The van der Waals surface area contributed by atoms with Crippen molar-refractivity contribution in [3.8, 4) is 0 Å². The van der Waals surface area contributed by atoms with E-state index in [-0.39, 0.29) is 5.91 Å². The van der Waals surface area contributed by atoms with Crippen molar-refractivity contribution in [2.24, 2.45) is 0 Å². The average molecular weight is 489 g/mol. The van der Waals surface area contributed by atoms with E-state index in [1.165, 1.54) is 32.1 Å². The third-order valence-electron chi connectivity index (χ3n) is 5.90. The molecule has 0 saturated carbocycles. The largest absolute Gasteiger partial charge is 0.379 e. The molecule has 0 heterocycles. The summed E-state index contributed by atoms with van der Waals surface area (Å²) < 4.78 is 22.3. The van der Waals surface area contributed by atoms with Crippen molar-refractivity contribution in [1.82, 2.24) is 10.6 Å². The number of carbonyl (C=O) groups excluding carboxylic acids is 1. The lowest BCUT2D eigenvalue weighted by Gasteiger charge is -2.15. The summed E-state index contributed by atoms with van der Waals surface area (Å²) in [5.74, 6) is 0.119. The molecule has 2 atom stereocenters. The summed E-state index contributed by atoms with van der Waals surface area (Å²) in [7, 11) is 0. The summed E-state index contributed by atoms with van der Waals surface area (Å²) in [4.78, 5) is 11.9. The van der Waals surface area contributed by atoms with Gasteiger partial charge in [-0.05, 0) is 39.0 Å². The Bertz CT molecular complexity index is 426. The fourth-order valence-electron chi connectivity index (χ4n) is 3.52. The molecule has 0 spiro atoms. The van der Waals surface area contributed by atoms with Crippen molar-refractivity contribution >= 4 is 5.91 Å². The van der Waals surface area contributed by atoms with E-state index in [1.807, 2.05) is 0 Å². The number of carbonyl (C=O) groups is 1. The molecular formula is C27H56N2O5. The second-order valence-electron chi connectivity index (χ2n) is 9.00. The van der Waals surface area contributed by atoms with Gasteiger partial charge >= 0.3 is 0 Å². The van der Waals surface area contributed by atoms with Gasteiger partial charge in [0.05, 0.1) is 45.7 Å². The molecule has 7 nitrogen and oxygen atoms in total. The van der Waals surface area contributed by atoms with Crippen LogP contribution < -0.4 is 10.6 Å². The van der Waals surface area contributed by atoms with Gasteiger partial charge in [0.1, 0.15) is 0 Å². The van der Waals surface area contributed by atoms with Gasteiger partial charge in [-0.15, -0.1) is 0 Å². The van der Waals surface area contributed by atoms with Gasteiger partial charge in [0.15, 0.2) is 0 Å². The van der Waals surface area contributed by atoms with E-state index in [1.54, 1.807) is 0 Å². The SMILES string of the molecule is CCCC(CC)NCCOCCOCCOCCNC(=O)CCCCCCCCOC(C)CC. The van der Waals surface area contributed by atoms with Crippen LogP contribution in [0.5, 0.6) is 0 Å². The van der Waals surface area contributed by atoms with Gasteiger partial charge in [0.2, 0.25) is 5.91 Å². The summed E-state index contributed by atoms with van der Waals surface area (Å²) in [5.41, 5.74) is 0. The fraction of sp³-hybridized carbons (Fsp3) is 0.963. The van der Waals surface area contributed by atoms with Gasteiger partial charge in [-0.25, -0.2) is 0 Å². The Morgan fingerprint density at radius 3 is 1.91 bits per heavy atom. The van der Waals surface area contributed by atoms with Crippen molar-refractivity contribution in [3.63, 3.8) is 0 Å². The number of rotatable bonds is 27. The quantitative estimate of drug-likeness (QED) is 0.161. The lowest BCUT2D eigenvalue weighted by Crippen LogP contribution is -2.31. The highest BCUT2D eigenvalue weighted by Crippen LogP contribution is 2.08. The second-order valence-corrected chi connectivity index (χ2v) is 9.00. The van der Waals surface area contributed by atoms with Crippen LogP contribution in [-0.2, 0) is 23.7 Å². The van der Waals surface area contributed by atoms with Crippen molar-refractivity contribution in [2.45, 2.75) is 110 Å². The summed E-state index contributed by atoms with van der Waals surface area (Å²) in [6, 6.07) is 0.604. The van der Waals surface area contributed by atoms with E-state index in [2.05, 4.69) is 38.3 Å². The average Bonchev–Trinajstić information content (AvgIpc) is 2.84. The normalized spacial score (nSPS) is 13.2. The van der Waals surface area contributed by atoms with E-state index >= 15 is 0 Å². The number of ether oxygens (including phenoxy) is 4. The lowest BCUT2D eigenvalue weighted by molar-refractivity contribution is -0.121. The molecular weight excluding hydrogens is 432 g/mol.